The Hall–Kier alpha value is -1.31. The zero-order chi connectivity index (χ0) is 15.6. The fraction of sp³-hybridized carbons (Fsp3) is 0.364. The van der Waals surface area contributed by atoms with Crippen LogP contribution in [0.2, 0.25) is 0 Å². The first-order valence-electron chi connectivity index (χ1n) is 7.48. The van der Waals surface area contributed by atoms with Crippen molar-refractivity contribution in [2.75, 3.05) is 0 Å². The predicted octanol–water partition coefficient (Wildman–Crippen LogP) is 2.48. The minimum atomic E-state index is -1.84. The molecule has 0 spiro atoms. The lowest BCUT2D eigenvalue weighted by Gasteiger charge is -1.98. The maximum atomic E-state index is 10.6. The third-order valence-electron chi connectivity index (χ3n) is 1.25. The van der Waals surface area contributed by atoms with E-state index in [0.29, 0.717) is 0 Å². The third kappa shape index (κ3) is 4.31. The third-order valence-corrected chi connectivity index (χ3v) is 1.25. The molecule has 0 saturated carbocycles. The van der Waals surface area contributed by atoms with Crippen LogP contribution in [0.25, 0.3) is 0 Å². The lowest BCUT2D eigenvalue weighted by molar-refractivity contribution is -0.137. The van der Waals surface area contributed by atoms with Gasteiger partial charge in [-0.15, -0.1) is 0 Å². The predicted molar refractivity (Wildman–Crippen MR) is 51.6 cm³/mol. The maximum Gasteiger partial charge on any atom is 0.303 e. The fourth-order valence-electron chi connectivity index (χ4n) is 0.717. The Morgan fingerprint density at radius 2 is 2.38 bits per heavy atom. The normalized spacial score (nSPS) is 27.2. The molecule has 0 fully saturated rings. The van der Waals surface area contributed by atoms with Crippen LogP contribution in [0.1, 0.15) is 34.3 Å². The molecule has 4 unspecified atom stereocenters. The molecule has 4 atom stereocenters. The smallest absolute Gasteiger partial charge is 0.303 e. The van der Waals surface area contributed by atoms with Gasteiger partial charge in [0.2, 0.25) is 0 Å². The summed E-state index contributed by atoms with van der Waals surface area (Å²) in [6, 6.07) is 1.54. The highest BCUT2D eigenvalue weighted by atomic mass is 16.4. The lowest BCUT2D eigenvalue weighted by Crippen LogP contribution is -1.94. The Morgan fingerprint density at radius 1 is 1.54 bits per heavy atom. The highest BCUT2D eigenvalue weighted by Crippen LogP contribution is 2.05. The summed E-state index contributed by atoms with van der Waals surface area (Å²) in [7, 11) is 0. The van der Waals surface area contributed by atoms with E-state index in [9.17, 15) is 4.79 Å². The van der Waals surface area contributed by atoms with E-state index in [1.54, 1.807) is 0 Å². The van der Waals surface area contributed by atoms with Gasteiger partial charge >= 0.3 is 5.97 Å². The molecule has 1 N–H and O–H groups in total. The lowest BCUT2D eigenvalue weighted by atomic mass is 10.1. The van der Waals surface area contributed by atoms with Gasteiger partial charge in [0.05, 0.1) is 4.11 Å². The molecule has 1 aromatic carbocycles. The topological polar surface area (TPSA) is 37.3 Å². The summed E-state index contributed by atoms with van der Waals surface area (Å²) in [6.07, 6.45) is -6.43. The molecule has 0 aromatic heterocycles. The second kappa shape index (κ2) is 5.36. The van der Waals surface area contributed by atoms with Crippen LogP contribution < -0.4 is 0 Å². The number of aryl methyl sites for hydroxylation is 1. The Kier molecular flexibility index (Phi) is 1.58. The van der Waals surface area contributed by atoms with Gasteiger partial charge in [0.1, 0.15) is 0 Å². The second-order valence-corrected chi connectivity index (χ2v) is 2.24. The number of carbonyl (C=O) groups is 1. The largest absolute Gasteiger partial charge is 0.481 e. The number of hydrogen-bond acceptors (Lipinski definition) is 1. The molecule has 70 valence electrons. The van der Waals surface area contributed by atoms with Crippen molar-refractivity contribution < 1.29 is 19.5 Å². The molecule has 0 heterocycles. The molecule has 0 saturated heterocycles. The first kappa shape index (κ1) is 3.82. The first-order chi connectivity index (χ1) is 9.18. The van der Waals surface area contributed by atoms with Gasteiger partial charge in [-0.05, 0) is 24.8 Å². The van der Waals surface area contributed by atoms with Crippen LogP contribution >= 0.6 is 0 Å². The molecule has 13 heavy (non-hydrogen) atoms. The van der Waals surface area contributed by atoms with E-state index in [0.717, 1.165) is 0 Å². The van der Waals surface area contributed by atoms with Crippen molar-refractivity contribution in [2.24, 2.45) is 0 Å². The standard InChI is InChI=1S/C11H14O2/c12-11(13)9-5-4-8-10-6-2-1-3-7-10/h1-3,6-7H,4-5,8-9H2,(H,12,13)/i1D,2D,4D,5D,6D,8D,9D. The zero-order valence-electron chi connectivity index (χ0n) is 13.8. The number of benzene rings is 1. The minimum absolute atomic E-state index is 0.0131. The number of carboxylic acid groups (broad SMARTS) is 1. The summed E-state index contributed by atoms with van der Waals surface area (Å²) >= 11 is 0. The molecule has 0 aliphatic rings. The van der Waals surface area contributed by atoms with Crippen molar-refractivity contribution in [1.29, 1.82) is 0 Å². The van der Waals surface area contributed by atoms with Crippen molar-refractivity contribution in [3.05, 3.63) is 35.8 Å². The summed E-state index contributed by atoms with van der Waals surface area (Å²) in [4.78, 5) is 10.6. The average Bonchev–Trinajstić information content (AvgIpc) is 2.41. The summed E-state index contributed by atoms with van der Waals surface area (Å²) in [5.74, 6) is -1.54. The van der Waals surface area contributed by atoms with Crippen LogP contribution in [-0.2, 0) is 11.2 Å². The van der Waals surface area contributed by atoms with E-state index in [2.05, 4.69) is 0 Å². The van der Waals surface area contributed by atoms with Gasteiger partial charge in [0.25, 0.3) is 0 Å². The van der Waals surface area contributed by atoms with Crippen LogP contribution in [0.3, 0.4) is 0 Å². The van der Waals surface area contributed by atoms with Crippen LogP contribution in [0.5, 0.6) is 0 Å². The van der Waals surface area contributed by atoms with Crippen molar-refractivity contribution in [1.82, 2.24) is 0 Å². The molecule has 0 amide bonds. The minimum Gasteiger partial charge on any atom is -0.481 e. The highest BCUT2D eigenvalue weighted by Gasteiger charge is 1.96. The van der Waals surface area contributed by atoms with Gasteiger partial charge in [-0.3, -0.25) is 4.79 Å². The quantitative estimate of drug-likeness (QED) is 0.765. The van der Waals surface area contributed by atoms with E-state index in [-0.39, 0.29) is 23.7 Å². The molecule has 1 rings (SSSR count). The van der Waals surface area contributed by atoms with E-state index >= 15 is 0 Å². The molecule has 0 aliphatic carbocycles. The average molecular weight is 185 g/mol. The summed E-state index contributed by atoms with van der Waals surface area (Å²) in [5, 5.41) is 8.64. The number of aliphatic carboxylic acids is 1. The molecule has 0 bridgehead atoms. The van der Waals surface area contributed by atoms with Gasteiger partial charge in [-0.1, -0.05) is 30.3 Å². The van der Waals surface area contributed by atoms with Crippen LogP contribution in [-0.4, -0.2) is 11.1 Å². The van der Waals surface area contributed by atoms with E-state index < -0.39 is 31.6 Å². The Morgan fingerprint density at radius 3 is 3.15 bits per heavy atom. The van der Waals surface area contributed by atoms with Gasteiger partial charge in [-0.25, -0.2) is 0 Å². The fourth-order valence-corrected chi connectivity index (χ4v) is 0.717. The summed E-state index contributed by atoms with van der Waals surface area (Å²) < 4.78 is 52.8. The Bertz CT molecular complexity index is 508. The molecule has 2 nitrogen and oxygen atoms in total. The van der Waals surface area contributed by atoms with Gasteiger partial charge in [0.15, 0.2) is 0 Å². The number of hydrogen-bond donors (Lipinski definition) is 1. The van der Waals surface area contributed by atoms with Crippen LogP contribution in [0.4, 0.5) is 0 Å². The molecule has 1 aromatic rings. The second-order valence-electron chi connectivity index (χ2n) is 2.24. The number of rotatable bonds is 5. The van der Waals surface area contributed by atoms with Crippen molar-refractivity contribution >= 4 is 5.97 Å². The zero-order valence-corrected chi connectivity index (χ0v) is 6.82. The first-order valence-corrected chi connectivity index (χ1v) is 3.67. The molecule has 0 aliphatic heterocycles. The van der Waals surface area contributed by atoms with E-state index in [4.69, 9.17) is 14.7 Å². The summed E-state index contributed by atoms with van der Waals surface area (Å²) in [5.41, 5.74) is -0.0131. The molecular formula is C11H14O2. The van der Waals surface area contributed by atoms with E-state index in [1.165, 1.54) is 12.1 Å². The Labute approximate surface area is 88.0 Å². The SMILES string of the molecule is [2H]c1ccc(C([2H])C([2H])C([2H])C([2H])C(=O)O)c([2H])c1[2H]. The van der Waals surface area contributed by atoms with Crippen molar-refractivity contribution in [3.63, 3.8) is 0 Å². The van der Waals surface area contributed by atoms with Crippen molar-refractivity contribution in [3.8, 4) is 0 Å². The van der Waals surface area contributed by atoms with E-state index in [1.807, 2.05) is 0 Å². The molecule has 2 heteroatoms. The monoisotopic (exact) mass is 185 g/mol. The van der Waals surface area contributed by atoms with Crippen LogP contribution in [0, 0.1) is 0 Å². The van der Waals surface area contributed by atoms with Crippen molar-refractivity contribution in [2.45, 2.75) is 25.6 Å². The highest BCUT2D eigenvalue weighted by molar-refractivity contribution is 5.66. The van der Waals surface area contributed by atoms with Gasteiger partial charge < -0.3 is 5.11 Å². The van der Waals surface area contributed by atoms with Gasteiger partial charge in [-0.2, -0.15) is 0 Å². The maximum absolute atomic E-state index is 10.6. The molecule has 0 radical (unpaired) electrons. The van der Waals surface area contributed by atoms with Gasteiger partial charge in [0, 0.05) is 11.9 Å². The molecular weight excluding hydrogens is 164 g/mol. The Balaban J connectivity index is 3.03. The number of carboxylic acids is 1. The summed E-state index contributed by atoms with van der Waals surface area (Å²) in [6.45, 7) is 0. The van der Waals surface area contributed by atoms with Crippen LogP contribution in [0.15, 0.2) is 30.3 Å².